The smallest absolute Gasteiger partial charge is 0.263 e. The van der Waals surface area contributed by atoms with Crippen LogP contribution in [0.2, 0.25) is 0 Å². The Labute approximate surface area is 173 Å². The van der Waals surface area contributed by atoms with Crippen molar-refractivity contribution in [3.05, 3.63) is 58.6 Å². The topological polar surface area (TPSA) is 88.1 Å². The Hall–Kier alpha value is -2.39. The van der Waals surface area contributed by atoms with Crippen molar-refractivity contribution in [3.63, 3.8) is 0 Å². The van der Waals surface area contributed by atoms with Crippen LogP contribution in [0.25, 0.3) is 0 Å². The molecule has 1 amide bonds. The number of rotatable bonds is 8. The zero-order valence-corrected chi connectivity index (χ0v) is 18.2. The highest BCUT2D eigenvalue weighted by Gasteiger charge is 2.29. The highest BCUT2D eigenvalue weighted by atomic mass is 79.9. The molecule has 0 aromatic heterocycles. The van der Waals surface area contributed by atoms with Crippen LogP contribution in [0.15, 0.2) is 58.1 Å². The number of hydrogen-bond acceptors (Lipinski definition) is 5. The van der Waals surface area contributed by atoms with Gasteiger partial charge in [-0.1, -0.05) is 28.1 Å². The van der Waals surface area contributed by atoms with Gasteiger partial charge in [-0.2, -0.15) is 5.10 Å². The molecule has 9 heteroatoms. The Morgan fingerprint density at radius 2 is 1.82 bits per heavy atom. The second kappa shape index (κ2) is 9.70. The van der Waals surface area contributed by atoms with Crippen LogP contribution in [0.5, 0.6) is 5.75 Å². The van der Waals surface area contributed by atoms with Gasteiger partial charge in [0.1, 0.15) is 11.8 Å². The van der Waals surface area contributed by atoms with Crippen LogP contribution in [0.4, 0.5) is 5.69 Å². The van der Waals surface area contributed by atoms with Gasteiger partial charge in [0, 0.05) is 4.47 Å². The lowest BCUT2D eigenvalue weighted by atomic mass is 10.2. The molecule has 2 rings (SSSR count). The lowest BCUT2D eigenvalue weighted by Gasteiger charge is -2.27. The first-order chi connectivity index (χ1) is 13.2. The van der Waals surface area contributed by atoms with Crippen molar-refractivity contribution >= 4 is 43.8 Å². The van der Waals surface area contributed by atoms with Crippen molar-refractivity contribution in [2.45, 2.75) is 19.9 Å². The van der Waals surface area contributed by atoms with Gasteiger partial charge in [-0.25, -0.2) is 13.8 Å². The van der Waals surface area contributed by atoms with Gasteiger partial charge in [-0.15, -0.1) is 0 Å². The number of hydrogen-bond donors (Lipinski definition) is 1. The number of anilines is 1. The SMILES string of the molecule is CCOc1ccc(N([C@H](C)C(=O)N/N=C\c2ccc(Br)cc2)S(C)(=O)=O)cc1. The number of hydrazone groups is 1. The average molecular weight is 468 g/mol. The van der Waals surface area contributed by atoms with Crippen LogP contribution in [-0.2, 0) is 14.8 Å². The van der Waals surface area contributed by atoms with Gasteiger partial charge >= 0.3 is 0 Å². The fourth-order valence-corrected chi connectivity index (χ4v) is 3.92. The van der Waals surface area contributed by atoms with Crippen LogP contribution >= 0.6 is 15.9 Å². The van der Waals surface area contributed by atoms with E-state index in [1.165, 1.54) is 13.1 Å². The van der Waals surface area contributed by atoms with Crippen molar-refractivity contribution in [1.29, 1.82) is 0 Å². The molecule has 0 saturated heterocycles. The van der Waals surface area contributed by atoms with Crippen molar-refractivity contribution < 1.29 is 17.9 Å². The highest BCUT2D eigenvalue weighted by Crippen LogP contribution is 2.24. The molecular formula is C19H22BrN3O4S. The number of amides is 1. The van der Waals surface area contributed by atoms with Crippen LogP contribution in [0, 0.1) is 0 Å². The lowest BCUT2D eigenvalue weighted by molar-refractivity contribution is -0.121. The Morgan fingerprint density at radius 3 is 2.36 bits per heavy atom. The molecule has 1 N–H and O–H groups in total. The molecule has 2 aromatic rings. The van der Waals surface area contributed by atoms with Gasteiger partial charge < -0.3 is 4.74 Å². The Balaban J connectivity index is 2.14. The maximum atomic E-state index is 12.5. The van der Waals surface area contributed by atoms with Crippen LogP contribution in [0.3, 0.4) is 0 Å². The molecular weight excluding hydrogens is 446 g/mol. The second-order valence-corrected chi connectivity index (χ2v) is 8.72. The Morgan fingerprint density at radius 1 is 1.21 bits per heavy atom. The van der Waals surface area contributed by atoms with Crippen LogP contribution < -0.4 is 14.5 Å². The summed E-state index contributed by atoms with van der Waals surface area (Å²) in [6.07, 6.45) is 2.54. The largest absolute Gasteiger partial charge is 0.494 e. The molecule has 0 bridgehead atoms. The number of benzene rings is 2. The summed E-state index contributed by atoms with van der Waals surface area (Å²) in [5, 5.41) is 3.91. The van der Waals surface area contributed by atoms with Gasteiger partial charge in [0.25, 0.3) is 5.91 Å². The van der Waals surface area contributed by atoms with Gasteiger partial charge in [0.05, 0.1) is 24.8 Å². The van der Waals surface area contributed by atoms with Crippen LogP contribution in [0.1, 0.15) is 19.4 Å². The third kappa shape index (κ3) is 6.07. The first-order valence-corrected chi connectivity index (χ1v) is 11.2. The molecule has 0 aliphatic rings. The van der Waals surface area contributed by atoms with E-state index >= 15 is 0 Å². The molecule has 0 saturated carbocycles. The summed E-state index contributed by atoms with van der Waals surface area (Å²) in [7, 11) is -3.69. The molecule has 0 aliphatic carbocycles. The minimum absolute atomic E-state index is 0.366. The first kappa shape index (κ1) is 21.9. The third-order valence-corrected chi connectivity index (χ3v) is 5.52. The summed E-state index contributed by atoms with van der Waals surface area (Å²) in [5.41, 5.74) is 3.55. The Bertz CT molecular complexity index is 929. The van der Waals surface area contributed by atoms with Crippen molar-refractivity contribution in [1.82, 2.24) is 5.43 Å². The quantitative estimate of drug-likeness (QED) is 0.476. The molecule has 1 atom stereocenters. The van der Waals surface area contributed by atoms with Crippen molar-refractivity contribution in [2.75, 3.05) is 17.2 Å². The van der Waals surface area contributed by atoms with Gasteiger partial charge in [0.2, 0.25) is 10.0 Å². The summed E-state index contributed by atoms with van der Waals surface area (Å²) in [4.78, 5) is 12.5. The third-order valence-electron chi connectivity index (χ3n) is 3.75. The molecule has 0 radical (unpaired) electrons. The maximum absolute atomic E-state index is 12.5. The van der Waals surface area contributed by atoms with E-state index in [9.17, 15) is 13.2 Å². The monoisotopic (exact) mass is 467 g/mol. The standard InChI is InChI=1S/C19H22BrN3O4S/c1-4-27-18-11-9-17(10-12-18)23(28(3,25)26)14(2)19(24)22-21-13-15-5-7-16(20)8-6-15/h5-14H,4H2,1-3H3,(H,22,24)/b21-13-/t14-/m1/s1. The highest BCUT2D eigenvalue weighted by molar-refractivity contribution is 9.10. The fraction of sp³-hybridized carbons (Fsp3) is 0.263. The fourth-order valence-electron chi connectivity index (χ4n) is 2.48. The summed E-state index contributed by atoms with van der Waals surface area (Å²) >= 11 is 3.34. The molecule has 0 unspecified atom stereocenters. The van der Waals surface area contributed by atoms with Crippen molar-refractivity contribution in [3.8, 4) is 5.75 Å². The van der Waals surface area contributed by atoms with Gasteiger partial charge in [-0.3, -0.25) is 9.10 Å². The minimum atomic E-state index is -3.69. The maximum Gasteiger partial charge on any atom is 0.263 e. The first-order valence-electron chi connectivity index (χ1n) is 8.53. The van der Waals surface area contributed by atoms with E-state index in [1.54, 1.807) is 24.3 Å². The summed E-state index contributed by atoms with van der Waals surface area (Å²) in [6, 6.07) is 12.9. The molecule has 0 fully saturated rings. The van der Waals surface area contributed by atoms with E-state index in [2.05, 4.69) is 26.5 Å². The summed E-state index contributed by atoms with van der Waals surface area (Å²) < 4.78 is 31.9. The predicted octanol–water partition coefficient (Wildman–Crippen LogP) is 3.15. The van der Waals surface area contributed by atoms with E-state index in [1.807, 2.05) is 31.2 Å². The number of halogens is 1. The number of nitrogens with one attached hydrogen (secondary N) is 1. The molecule has 150 valence electrons. The second-order valence-electron chi connectivity index (χ2n) is 5.95. The van der Waals surface area contributed by atoms with E-state index < -0.39 is 22.0 Å². The number of sulfonamides is 1. The van der Waals surface area contributed by atoms with E-state index in [0.717, 1.165) is 20.6 Å². The molecule has 7 nitrogen and oxygen atoms in total. The zero-order chi connectivity index (χ0) is 20.7. The van der Waals surface area contributed by atoms with E-state index in [-0.39, 0.29) is 0 Å². The molecule has 0 aliphatic heterocycles. The number of carbonyl (C=O) groups excluding carboxylic acids is 1. The number of carbonyl (C=O) groups is 1. The molecule has 0 heterocycles. The van der Waals surface area contributed by atoms with Crippen LogP contribution in [-0.4, -0.2) is 39.4 Å². The normalized spacial score (nSPS) is 12.6. The van der Waals surface area contributed by atoms with Gasteiger partial charge in [0.15, 0.2) is 0 Å². The Kier molecular flexibility index (Phi) is 7.59. The molecule has 28 heavy (non-hydrogen) atoms. The van der Waals surface area contributed by atoms with Gasteiger partial charge in [-0.05, 0) is 55.8 Å². The zero-order valence-electron chi connectivity index (χ0n) is 15.8. The predicted molar refractivity (Wildman–Crippen MR) is 114 cm³/mol. The lowest BCUT2D eigenvalue weighted by Crippen LogP contribution is -2.46. The van der Waals surface area contributed by atoms with Crippen molar-refractivity contribution in [2.24, 2.45) is 5.10 Å². The van der Waals surface area contributed by atoms with E-state index in [0.29, 0.717) is 18.0 Å². The number of ether oxygens (including phenoxy) is 1. The molecule has 2 aromatic carbocycles. The van der Waals surface area contributed by atoms with E-state index in [4.69, 9.17) is 4.74 Å². The summed E-state index contributed by atoms with van der Waals surface area (Å²) in [6.45, 7) is 3.87. The minimum Gasteiger partial charge on any atom is -0.494 e. The average Bonchev–Trinajstić information content (AvgIpc) is 2.64. The summed E-state index contributed by atoms with van der Waals surface area (Å²) in [5.74, 6) is 0.0728. The molecule has 0 spiro atoms. The number of nitrogens with zero attached hydrogens (tertiary/aromatic N) is 2.